The van der Waals surface area contributed by atoms with Crippen molar-refractivity contribution in [3.8, 4) is 11.5 Å². The van der Waals surface area contributed by atoms with E-state index in [1.165, 1.54) is 26.4 Å². The maximum absolute atomic E-state index is 13.0. The first-order chi connectivity index (χ1) is 13.4. The normalized spacial score (nSPS) is 16.3. The number of ether oxygens (including phenoxy) is 3. The Hall–Kier alpha value is -2.73. The number of amides is 1. The van der Waals surface area contributed by atoms with E-state index < -0.39 is 12.1 Å². The highest BCUT2D eigenvalue weighted by Crippen LogP contribution is 2.36. The molecule has 6 nitrogen and oxygen atoms in total. The van der Waals surface area contributed by atoms with E-state index in [9.17, 15) is 9.59 Å². The predicted molar refractivity (Wildman–Crippen MR) is 107 cm³/mol. The number of carbonyl (C=O) groups excluding carboxylic acids is 2. The highest BCUT2D eigenvalue weighted by Gasteiger charge is 2.34. The molecule has 148 valence electrons. The van der Waals surface area contributed by atoms with Crippen LogP contribution in [0.15, 0.2) is 36.4 Å². The minimum absolute atomic E-state index is 0.00146. The van der Waals surface area contributed by atoms with E-state index in [4.69, 9.17) is 25.8 Å². The molecule has 0 aromatic heterocycles. The molecule has 1 aliphatic heterocycles. The number of para-hydroxylation sites is 1. The molecule has 2 aromatic carbocycles. The smallest absolute Gasteiger partial charge is 0.339 e. The van der Waals surface area contributed by atoms with Crippen LogP contribution >= 0.6 is 11.6 Å². The van der Waals surface area contributed by atoms with Gasteiger partial charge in [0.05, 0.1) is 24.8 Å². The Morgan fingerprint density at radius 1 is 1.18 bits per heavy atom. The summed E-state index contributed by atoms with van der Waals surface area (Å²) in [6, 6.07) is 10.6. The number of anilines is 1. The van der Waals surface area contributed by atoms with Crippen LogP contribution in [0, 0.1) is 0 Å². The van der Waals surface area contributed by atoms with E-state index in [0.717, 1.165) is 17.7 Å². The molecule has 1 aliphatic rings. The maximum Gasteiger partial charge on any atom is 0.339 e. The van der Waals surface area contributed by atoms with Crippen LogP contribution in [-0.2, 0) is 16.0 Å². The van der Waals surface area contributed by atoms with Gasteiger partial charge in [-0.05, 0) is 44.0 Å². The second-order valence-electron chi connectivity index (χ2n) is 6.63. The zero-order valence-electron chi connectivity index (χ0n) is 16.2. The highest BCUT2D eigenvalue weighted by molar-refractivity contribution is 6.32. The van der Waals surface area contributed by atoms with Gasteiger partial charge in [0.25, 0.3) is 5.91 Å². The largest absolute Gasteiger partial charge is 0.493 e. The van der Waals surface area contributed by atoms with Crippen molar-refractivity contribution in [1.29, 1.82) is 0 Å². The molecule has 0 saturated carbocycles. The molecule has 0 bridgehead atoms. The topological polar surface area (TPSA) is 65.1 Å². The van der Waals surface area contributed by atoms with Gasteiger partial charge in [0, 0.05) is 11.7 Å². The molecule has 3 rings (SSSR count). The summed E-state index contributed by atoms with van der Waals surface area (Å²) < 4.78 is 15.8. The Morgan fingerprint density at radius 3 is 2.57 bits per heavy atom. The second kappa shape index (κ2) is 8.10. The highest BCUT2D eigenvalue weighted by atomic mass is 35.5. The standard InChI is InChI=1S/C21H22ClNO5/c1-12-9-14-7-5-6-8-17(14)23(12)20(24)13(2)28-21(25)15-10-16(22)19(27-4)18(11-15)26-3/h5-8,10-13H,9H2,1-4H3/t12-,13+/m0/s1. The Labute approximate surface area is 168 Å². The summed E-state index contributed by atoms with van der Waals surface area (Å²) in [5.74, 6) is -0.295. The van der Waals surface area contributed by atoms with Gasteiger partial charge in [0.2, 0.25) is 0 Å². The lowest BCUT2D eigenvalue weighted by Crippen LogP contribution is -2.43. The molecule has 0 saturated heterocycles. The fourth-order valence-electron chi connectivity index (χ4n) is 3.41. The molecule has 0 N–H and O–H groups in total. The lowest BCUT2D eigenvalue weighted by atomic mass is 10.1. The minimum Gasteiger partial charge on any atom is -0.493 e. The van der Waals surface area contributed by atoms with Crippen molar-refractivity contribution < 1.29 is 23.8 Å². The maximum atomic E-state index is 13.0. The van der Waals surface area contributed by atoms with E-state index in [1.807, 2.05) is 31.2 Å². The third-order valence-corrected chi connectivity index (χ3v) is 5.03. The van der Waals surface area contributed by atoms with Crippen LogP contribution in [0.1, 0.15) is 29.8 Å². The summed E-state index contributed by atoms with van der Waals surface area (Å²) >= 11 is 6.15. The van der Waals surface area contributed by atoms with E-state index in [-0.39, 0.29) is 22.5 Å². The van der Waals surface area contributed by atoms with Crippen molar-refractivity contribution in [2.24, 2.45) is 0 Å². The van der Waals surface area contributed by atoms with Crippen molar-refractivity contribution in [2.75, 3.05) is 19.1 Å². The Bertz CT molecular complexity index is 914. The number of carbonyl (C=O) groups is 2. The average Bonchev–Trinajstić information content (AvgIpc) is 3.02. The first-order valence-electron chi connectivity index (χ1n) is 8.90. The molecule has 1 amide bonds. The van der Waals surface area contributed by atoms with Gasteiger partial charge in [-0.25, -0.2) is 4.79 Å². The zero-order chi connectivity index (χ0) is 20.4. The fraction of sp³-hybridized carbons (Fsp3) is 0.333. The number of rotatable bonds is 5. The van der Waals surface area contributed by atoms with Crippen molar-refractivity contribution in [3.63, 3.8) is 0 Å². The molecule has 0 unspecified atom stereocenters. The van der Waals surface area contributed by atoms with Crippen LogP contribution < -0.4 is 14.4 Å². The van der Waals surface area contributed by atoms with E-state index in [0.29, 0.717) is 11.5 Å². The van der Waals surface area contributed by atoms with Crippen molar-refractivity contribution in [2.45, 2.75) is 32.4 Å². The molecule has 0 radical (unpaired) electrons. The predicted octanol–water partition coefficient (Wildman–Crippen LogP) is 3.88. The number of halogens is 1. The molecular formula is C21H22ClNO5. The molecule has 0 aliphatic carbocycles. The van der Waals surface area contributed by atoms with Crippen LogP contribution in [0.3, 0.4) is 0 Å². The van der Waals surface area contributed by atoms with Crippen LogP contribution in [0.4, 0.5) is 5.69 Å². The van der Waals surface area contributed by atoms with Crippen LogP contribution in [0.5, 0.6) is 11.5 Å². The zero-order valence-corrected chi connectivity index (χ0v) is 16.9. The summed E-state index contributed by atoms with van der Waals surface area (Å²) in [5.41, 5.74) is 2.14. The fourth-order valence-corrected chi connectivity index (χ4v) is 3.70. The van der Waals surface area contributed by atoms with Gasteiger partial charge in [0.15, 0.2) is 17.6 Å². The second-order valence-corrected chi connectivity index (χ2v) is 7.04. The van der Waals surface area contributed by atoms with E-state index in [1.54, 1.807) is 11.8 Å². The van der Waals surface area contributed by atoms with Crippen molar-refractivity contribution >= 4 is 29.2 Å². The Balaban J connectivity index is 1.78. The van der Waals surface area contributed by atoms with Crippen LogP contribution in [-0.4, -0.2) is 38.2 Å². The third-order valence-electron chi connectivity index (χ3n) is 4.75. The number of methoxy groups -OCH3 is 2. The summed E-state index contributed by atoms with van der Waals surface area (Å²) in [6.07, 6.45) is -0.179. The molecule has 0 fully saturated rings. The van der Waals surface area contributed by atoms with E-state index >= 15 is 0 Å². The number of benzene rings is 2. The lowest BCUT2D eigenvalue weighted by Gasteiger charge is -2.26. The quantitative estimate of drug-likeness (QED) is 0.709. The molecule has 0 spiro atoms. The summed E-state index contributed by atoms with van der Waals surface area (Å²) in [6.45, 7) is 3.54. The van der Waals surface area contributed by atoms with Gasteiger partial charge in [-0.2, -0.15) is 0 Å². The molecule has 2 aromatic rings. The molecule has 28 heavy (non-hydrogen) atoms. The van der Waals surface area contributed by atoms with Gasteiger partial charge < -0.3 is 19.1 Å². The number of hydrogen-bond donors (Lipinski definition) is 0. The summed E-state index contributed by atoms with van der Waals surface area (Å²) in [7, 11) is 2.90. The van der Waals surface area contributed by atoms with Crippen LogP contribution in [0.2, 0.25) is 5.02 Å². The molecular weight excluding hydrogens is 382 g/mol. The Morgan fingerprint density at radius 2 is 1.89 bits per heavy atom. The van der Waals surface area contributed by atoms with Crippen molar-refractivity contribution in [3.05, 3.63) is 52.5 Å². The minimum atomic E-state index is -0.951. The van der Waals surface area contributed by atoms with Gasteiger partial charge >= 0.3 is 5.97 Å². The van der Waals surface area contributed by atoms with E-state index in [2.05, 4.69) is 0 Å². The van der Waals surface area contributed by atoms with Crippen LogP contribution in [0.25, 0.3) is 0 Å². The SMILES string of the molecule is COc1cc(C(=O)O[C@H](C)C(=O)N2c3ccccc3C[C@@H]2C)cc(Cl)c1OC. The summed E-state index contributed by atoms with van der Waals surface area (Å²) in [5, 5.41) is 0.217. The average molecular weight is 404 g/mol. The van der Waals surface area contributed by atoms with Gasteiger partial charge in [0.1, 0.15) is 0 Å². The van der Waals surface area contributed by atoms with Gasteiger partial charge in [-0.15, -0.1) is 0 Å². The molecule has 1 heterocycles. The van der Waals surface area contributed by atoms with Gasteiger partial charge in [-0.3, -0.25) is 4.79 Å². The number of esters is 1. The summed E-state index contributed by atoms with van der Waals surface area (Å²) in [4.78, 5) is 27.2. The monoisotopic (exact) mass is 403 g/mol. The number of fused-ring (bicyclic) bond motifs is 1. The Kier molecular flexibility index (Phi) is 5.79. The molecule has 2 atom stereocenters. The number of hydrogen-bond acceptors (Lipinski definition) is 5. The molecule has 7 heteroatoms. The van der Waals surface area contributed by atoms with Crippen molar-refractivity contribution in [1.82, 2.24) is 0 Å². The number of nitrogens with zero attached hydrogens (tertiary/aromatic N) is 1. The van der Waals surface area contributed by atoms with Gasteiger partial charge in [-0.1, -0.05) is 29.8 Å². The first-order valence-corrected chi connectivity index (χ1v) is 9.28. The third kappa shape index (κ3) is 3.64. The first kappa shape index (κ1) is 20.0. The lowest BCUT2D eigenvalue weighted by molar-refractivity contribution is -0.126.